The van der Waals surface area contributed by atoms with E-state index in [0.717, 1.165) is 37.7 Å². The molecule has 2 heterocycles. The smallest absolute Gasteiger partial charge is 0.317 e. The molecule has 1 N–H and O–H groups in total. The van der Waals surface area contributed by atoms with Gasteiger partial charge in [0.05, 0.1) is 11.5 Å². The number of amides is 2. The van der Waals surface area contributed by atoms with Crippen LogP contribution in [0.25, 0.3) is 0 Å². The first-order valence-corrected chi connectivity index (χ1v) is 11.6. The van der Waals surface area contributed by atoms with Gasteiger partial charge in [-0.05, 0) is 61.6 Å². The van der Waals surface area contributed by atoms with Crippen LogP contribution in [0.15, 0.2) is 24.3 Å². The number of halogens is 1. The highest BCUT2D eigenvalue weighted by Gasteiger charge is 2.46. The van der Waals surface area contributed by atoms with Gasteiger partial charge in [-0.15, -0.1) is 0 Å². The van der Waals surface area contributed by atoms with Crippen molar-refractivity contribution in [1.82, 2.24) is 10.2 Å². The van der Waals surface area contributed by atoms with Crippen LogP contribution in [-0.2, 0) is 16.3 Å². The molecule has 4 rings (SSSR count). The first-order chi connectivity index (χ1) is 12.8. The van der Waals surface area contributed by atoms with Crippen molar-refractivity contribution in [3.8, 4) is 0 Å². The number of urea groups is 1. The number of nitrogens with zero attached hydrogens (tertiary/aromatic N) is 1. The van der Waals surface area contributed by atoms with Crippen molar-refractivity contribution in [2.24, 2.45) is 10.8 Å². The Balaban J connectivity index is 1.32. The number of sulfone groups is 1. The lowest BCUT2D eigenvalue weighted by molar-refractivity contribution is 0.121. The number of hydrogen-bond donors (Lipinski definition) is 1. The highest BCUT2D eigenvalue weighted by Crippen LogP contribution is 2.48. The molecule has 3 fully saturated rings. The Bertz CT molecular complexity index is 820. The van der Waals surface area contributed by atoms with E-state index in [0.29, 0.717) is 26.1 Å². The van der Waals surface area contributed by atoms with Crippen molar-refractivity contribution < 1.29 is 17.6 Å². The van der Waals surface area contributed by atoms with E-state index in [1.165, 1.54) is 12.1 Å². The Hall–Kier alpha value is -1.63. The van der Waals surface area contributed by atoms with Gasteiger partial charge in [-0.2, -0.15) is 0 Å². The molecule has 1 unspecified atom stereocenters. The number of piperidine rings is 1. The van der Waals surface area contributed by atoms with Crippen LogP contribution in [-0.4, -0.2) is 50.5 Å². The van der Waals surface area contributed by atoms with Gasteiger partial charge in [-0.3, -0.25) is 0 Å². The van der Waals surface area contributed by atoms with Gasteiger partial charge in [-0.1, -0.05) is 12.1 Å². The number of hydrogen-bond acceptors (Lipinski definition) is 3. The normalized spacial score (nSPS) is 28.3. The van der Waals surface area contributed by atoms with Crippen molar-refractivity contribution in [2.75, 3.05) is 31.1 Å². The number of carbonyl (C=O) groups excluding carboxylic acids is 1. The second kappa shape index (κ2) is 6.76. The predicted molar refractivity (Wildman–Crippen MR) is 102 cm³/mol. The number of nitrogens with one attached hydrogen (secondary N) is 1. The van der Waals surface area contributed by atoms with Crippen LogP contribution in [0, 0.1) is 16.6 Å². The Morgan fingerprint density at radius 1 is 1.15 bits per heavy atom. The van der Waals surface area contributed by atoms with Crippen LogP contribution in [0.4, 0.5) is 9.18 Å². The zero-order valence-electron chi connectivity index (χ0n) is 15.5. The van der Waals surface area contributed by atoms with Crippen LogP contribution in [0.2, 0.25) is 0 Å². The fourth-order valence-corrected chi connectivity index (χ4v) is 6.89. The lowest BCUT2D eigenvalue weighted by Crippen LogP contribution is -2.51. The highest BCUT2D eigenvalue weighted by atomic mass is 32.2. The molecule has 1 aromatic rings. The Morgan fingerprint density at radius 3 is 2.52 bits per heavy atom. The summed E-state index contributed by atoms with van der Waals surface area (Å²) in [6.07, 6.45) is 5.40. The molecule has 0 radical (unpaired) electrons. The maximum atomic E-state index is 13.1. The number of rotatable bonds is 4. The minimum Gasteiger partial charge on any atom is -0.337 e. The van der Waals surface area contributed by atoms with Crippen LogP contribution in [0.1, 0.15) is 37.7 Å². The van der Waals surface area contributed by atoms with Gasteiger partial charge in [0.15, 0.2) is 9.84 Å². The zero-order valence-corrected chi connectivity index (χ0v) is 16.4. The molecule has 148 valence electrons. The van der Waals surface area contributed by atoms with E-state index in [1.54, 1.807) is 4.90 Å². The molecule has 2 saturated heterocycles. The fourth-order valence-electron chi connectivity index (χ4n) is 4.69. The summed E-state index contributed by atoms with van der Waals surface area (Å²) in [6.45, 7) is 1.85. The number of benzene rings is 1. The SMILES string of the molecule is O=C(NCC1(Cc2ccc(F)cc2)CC1)N1CCCC2(CCS(=O)(=O)C2)C1. The molecule has 1 saturated carbocycles. The summed E-state index contributed by atoms with van der Waals surface area (Å²) >= 11 is 0. The Labute approximate surface area is 160 Å². The van der Waals surface area contributed by atoms with Crippen molar-refractivity contribution in [3.05, 3.63) is 35.6 Å². The summed E-state index contributed by atoms with van der Waals surface area (Å²) in [5, 5.41) is 3.08. The molecule has 1 aromatic carbocycles. The minimum absolute atomic E-state index is 0.0799. The lowest BCUT2D eigenvalue weighted by atomic mass is 9.80. The second-order valence-electron chi connectivity index (χ2n) is 8.83. The van der Waals surface area contributed by atoms with E-state index < -0.39 is 9.84 Å². The third-order valence-electron chi connectivity index (χ3n) is 6.48. The average Bonchev–Trinajstić information content (AvgIpc) is 3.33. The molecular weight excluding hydrogens is 367 g/mol. The summed E-state index contributed by atoms with van der Waals surface area (Å²) in [5.41, 5.74) is 0.938. The van der Waals surface area contributed by atoms with E-state index in [-0.39, 0.29) is 34.2 Å². The molecule has 0 aromatic heterocycles. The van der Waals surface area contributed by atoms with Crippen LogP contribution < -0.4 is 5.32 Å². The molecule has 2 aliphatic heterocycles. The van der Waals surface area contributed by atoms with Crippen LogP contribution in [0.5, 0.6) is 0 Å². The molecule has 5 nitrogen and oxygen atoms in total. The highest BCUT2D eigenvalue weighted by molar-refractivity contribution is 7.91. The monoisotopic (exact) mass is 394 g/mol. The summed E-state index contributed by atoms with van der Waals surface area (Å²) in [7, 11) is -2.95. The third kappa shape index (κ3) is 4.28. The Morgan fingerprint density at radius 2 is 1.89 bits per heavy atom. The molecule has 3 aliphatic rings. The van der Waals surface area contributed by atoms with Gasteiger partial charge >= 0.3 is 6.03 Å². The van der Waals surface area contributed by atoms with E-state index in [1.807, 2.05) is 12.1 Å². The van der Waals surface area contributed by atoms with Crippen LogP contribution >= 0.6 is 0 Å². The minimum atomic E-state index is -2.95. The van der Waals surface area contributed by atoms with Crippen LogP contribution in [0.3, 0.4) is 0 Å². The lowest BCUT2D eigenvalue weighted by Gasteiger charge is -2.39. The summed E-state index contributed by atoms with van der Waals surface area (Å²) < 4.78 is 36.9. The van der Waals surface area contributed by atoms with E-state index in [9.17, 15) is 17.6 Å². The molecule has 7 heteroatoms. The van der Waals surface area contributed by atoms with Gasteiger partial charge in [0, 0.05) is 25.0 Å². The fraction of sp³-hybridized carbons (Fsp3) is 0.650. The van der Waals surface area contributed by atoms with E-state index >= 15 is 0 Å². The first kappa shape index (κ1) is 18.7. The number of likely N-dealkylation sites (tertiary alicyclic amines) is 1. The second-order valence-corrected chi connectivity index (χ2v) is 11.0. The average molecular weight is 395 g/mol. The first-order valence-electron chi connectivity index (χ1n) is 9.77. The molecular formula is C20H27FN2O3S. The maximum absolute atomic E-state index is 13.1. The third-order valence-corrected chi connectivity index (χ3v) is 8.36. The van der Waals surface area contributed by atoms with Crippen molar-refractivity contribution in [2.45, 2.75) is 38.5 Å². The Kier molecular flexibility index (Phi) is 4.69. The molecule has 1 atom stereocenters. The molecule has 1 spiro atoms. The molecule has 27 heavy (non-hydrogen) atoms. The summed E-state index contributed by atoms with van der Waals surface area (Å²) in [4.78, 5) is 14.5. The molecule has 2 amide bonds. The molecule has 0 bridgehead atoms. The molecule has 1 aliphatic carbocycles. The van der Waals surface area contributed by atoms with Gasteiger partial charge in [0.1, 0.15) is 5.82 Å². The summed E-state index contributed by atoms with van der Waals surface area (Å²) in [5.74, 6) is 0.242. The quantitative estimate of drug-likeness (QED) is 0.854. The van der Waals surface area contributed by atoms with Crippen molar-refractivity contribution >= 4 is 15.9 Å². The largest absolute Gasteiger partial charge is 0.337 e. The van der Waals surface area contributed by atoms with Gasteiger partial charge in [-0.25, -0.2) is 17.6 Å². The predicted octanol–water partition coefficient (Wildman–Crippen LogP) is 2.76. The number of carbonyl (C=O) groups is 1. The van der Waals surface area contributed by atoms with Crippen molar-refractivity contribution in [1.29, 1.82) is 0 Å². The van der Waals surface area contributed by atoms with Gasteiger partial charge in [0.25, 0.3) is 0 Å². The van der Waals surface area contributed by atoms with E-state index in [2.05, 4.69) is 5.32 Å². The maximum Gasteiger partial charge on any atom is 0.317 e. The summed E-state index contributed by atoms with van der Waals surface area (Å²) in [6, 6.07) is 6.50. The van der Waals surface area contributed by atoms with Gasteiger partial charge in [0.2, 0.25) is 0 Å². The van der Waals surface area contributed by atoms with Crippen molar-refractivity contribution in [3.63, 3.8) is 0 Å². The standard InChI is InChI=1S/C20H27FN2O3S/c21-17-4-2-16(3-5-17)12-19(7-8-19)13-22-18(24)23-10-1-6-20(14-23)9-11-27(25,26)15-20/h2-5H,1,6-15H2,(H,22,24). The topological polar surface area (TPSA) is 66.5 Å². The zero-order chi connectivity index (χ0) is 19.1. The van der Waals surface area contributed by atoms with E-state index in [4.69, 9.17) is 0 Å². The van der Waals surface area contributed by atoms with Gasteiger partial charge < -0.3 is 10.2 Å².